The first-order chi connectivity index (χ1) is 16.3. The van der Waals surface area contributed by atoms with E-state index in [1.807, 2.05) is 37.0 Å². The summed E-state index contributed by atoms with van der Waals surface area (Å²) in [7, 11) is 0. The topological polar surface area (TPSA) is 34.1 Å². The summed E-state index contributed by atoms with van der Waals surface area (Å²) < 4.78 is 12.0. The number of fused-ring (bicyclic) bond motifs is 1. The van der Waals surface area contributed by atoms with Crippen molar-refractivity contribution in [2.24, 2.45) is 5.10 Å². The molecule has 0 N–H and O–H groups in total. The van der Waals surface area contributed by atoms with Gasteiger partial charge in [0.15, 0.2) is 11.5 Å². The number of para-hydroxylation sites is 1. The number of anilines is 1. The van der Waals surface area contributed by atoms with E-state index in [-0.39, 0.29) is 0 Å². The molecule has 2 aromatic carbocycles. The highest BCUT2D eigenvalue weighted by molar-refractivity contribution is 8.06. The zero-order chi connectivity index (χ0) is 22.5. The second-order valence-corrected chi connectivity index (χ2v) is 10.2. The quantitative estimate of drug-likeness (QED) is 0.207. The van der Waals surface area contributed by atoms with E-state index in [2.05, 4.69) is 71.8 Å². The molecule has 0 amide bonds. The summed E-state index contributed by atoms with van der Waals surface area (Å²) in [6, 6.07) is 18.8. The Morgan fingerprint density at radius 1 is 0.909 bits per heavy atom. The number of rotatable bonds is 8. The fourth-order valence-electron chi connectivity index (χ4n) is 3.58. The lowest BCUT2D eigenvalue weighted by molar-refractivity contribution is 0.173. The molecule has 5 rings (SSSR count). The summed E-state index contributed by atoms with van der Waals surface area (Å²) in [6.07, 6.45) is 10.3. The fraction of sp³-hybridized carbons (Fsp3) is 0.222. The second-order valence-electron chi connectivity index (χ2n) is 7.80. The molecule has 33 heavy (non-hydrogen) atoms. The highest BCUT2D eigenvalue weighted by Gasteiger charge is 2.26. The number of hydrazone groups is 1. The lowest BCUT2D eigenvalue weighted by atomic mass is 10.1. The van der Waals surface area contributed by atoms with Crippen LogP contribution < -0.4 is 14.5 Å². The van der Waals surface area contributed by atoms with Crippen LogP contribution in [0, 0.1) is 0 Å². The molecule has 1 saturated heterocycles. The van der Waals surface area contributed by atoms with Gasteiger partial charge >= 0.3 is 0 Å². The van der Waals surface area contributed by atoms with Crippen molar-refractivity contribution in [2.45, 2.75) is 12.2 Å². The minimum atomic E-state index is 0.557. The van der Waals surface area contributed by atoms with Crippen LogP contribution >= 0.6 is 23.1 Å². The number of thioether (sulfide) groups is 1. The third-order valence-electron chi connectivity index (χ3n) is 5.32. The number of allylic oxidation sites excluding steroid dienone is 1. The molecule has 3 aromatic rings. The maximum absolute atomic E-state index is 5.99. The number of nitrogens with zero attached hydrogens (tertiary/aromatic N) is 2. The summed E-state index contributed by atoms with van der Waals surface area (Å²) in [6.45, 7) is 4.06. The van der Waals surface area contributed by atoms with E-state index in [9.17, 15) is 0 Å². The molecule has 1 atom stereocenters. The van der Waals surface area contributed by atoms with Gasteiger partial charge in [0.2, 0.25) is 0 Å². The lowest BCUT2D eigenvalue weighted by Crippen LogP contribution is -2.21. The van der Waals surface area contributed by atoms with E-state index in [4.69, 9.17) is 14.6 Å². The Hall–Kier alpha value is -2.96. The standard InChI is InChI=1S/C27H26N2O2S2/c1-2-6-20-9-11-21(12-10-20)13-14-24-26-27(31-16-15-30-26)25(33-24)17-28-29(18-23-19-32-23)22-7-4-3-5-8-22/h2-14,17,23H,15-16,18-19H2,1H3. The van der Waals surface area contributed by atoms with Gasteiger partial charge in [-0.1, -0.05) is 60.7 Å². The molecule has 1 fully saturated rings. The SMILES string of the molecule is CC=Cc1ccc(C=Cc2sc(C=NN(CC3CS3)c3ccccc3)c3c2OCCO3)cc1. The van der Waals surface area contributed by atoms with Gasteiger partial charge in [0.1, 0.15) is 13.2 Å². The fourth-order valence-corrected chi connectivity index (χ4v) is 5.03. The van der Waals surface area contributed by atoms with Gasteiger partial charge < -0.3 is 9.47 Å². The van der Waals surface area contributed by atoms with Crippen LogP contribution in [0.1, 0.15) is 27.8 Å². The van der Waals surface area contributed by atoms with Crippen LogP contribution in [-0.4, -0.2) is 37.0 Å². The van der Waals surface area contributed by atoms with Crippen molar-refractivity contribution >= 4 is 53.2 Å². The van der Waals surface area contributed by atoms with Crippen LogP contribution in [0.15, 0.2) is 65.8 Å². The monoisotopic (exact) mass is 474 g/mol. The molecule has 3 heterocycles. The van der Waals surface area contributed by atoms with Crippen LogP contribution in [0.3, 0.4) is 0 Å². The van der Waals surface area contributed by atoms with E-state index in [0.717, 1.165) is 39.0 Å². The minimum Gasteiger partial charge on any atom is -0.485 e. The van der Waals surface area contributed by atoms with Crippen molar-refractivity contribution in [2.75, 3.05) is 30.5 Å². The Kier molecular flexibility index (Phi) is 6.84. The zero-order valence-corrected chi connectivity index (χ0v) is 20.1. The number of hydrogen-bond acceptors (Lipinski definition) is 6. The highest BCUT2D eigenvalue weighted by Crippen LogP contribution is 2.44. The van der Waals surface area contributed by atoms with E-state index in [0.29, 0.717) is 18.5 Å². The van der Waals surface area contributed by atoms with Crippen LogP contribution in [0.4, 0.5) is 5.69 Å². The Bertz CT molecular complexity index is 1160. The predicted molar refractivity (Wildman–Crippen MR) is 143 cm³/mol. The van der Waals surface area contributed by atoms with E-state index in [1.165, 1.54) is 11.3 Å². The molecule has 0 saturated carbocycles. The molecule has 2 aliphatic rings. The molecule has 0 aliphatic carbocycles. The minimum absolute atomic E-state index is 0.557. The van der Waals surface area contributed by atoms with Crippen molar-refractivity contribution in [3.05, 3.63) is 81.6 Å². The molecule has 2 aliphatic heterocycles. The highest BCUT2D eigenvalue weighted by atomic mass is 32.2. The Balaban J connectivity index is 1.40. The Morgan fingerprint density at radius 2 is 1.58 bits per heavy atom. The maximum atomic E-state index is 5.99. The third-order valence-corrected chi connectivity index (χ3v) is 7.33. The number of ether oxygens (including phenoxy) is 2. The van der Waals surface area contributed by atoms with Gasteiger partial charge in [0.05, 0.1) is 28.2 Å². The molecule has 4 nitrogen and oxygen atoms in total. The Labute approximate surface area is 203 Å². The number of hydrogen-bond donors (Lipinski definition) is 0. The van der Waals surface area contributed by atoms with Crippen molar-refractivity contribution in [1.29, 1.82) is 0 Å². The summed E-state index contributed by atoms with van der Waals surface area (Å²) in [4.78, 5) is 2.03. The van der Waals surface area contributed by atoms with Crippen LogP contribution in [0.2, 0.25) is 0 Å². The van der Waals surface area contributed by atoms with Gasteiger partial charge in [-0.3, -0.25) is 5.01 Å². The van der Waals surface area contributed by atoms with Crippen molar-refractivity contribution in [1.82, 2.24) is 0 Å². The molecule has 0 spiro atoms. The second kappa shape index (κ2) is 10.3. The molecular weight excluding hydrogens is 448 g/mol. The van der Waals surface area contributed by atoms with Crippen LogP contribution in [0.25, 0.3) is 18.2 Å². The molecule has 168 valence electrons. The molecule has 6 heteroatoms. The largest absolute Gasteiger partial charge is 0.485 e. The summed E-state index contributed by atoms with van der Waals surface area (Å²) in [5.74, 6) is 2.82. The predicted octanol–water partition coefficient (Wildman–Crippen LogP) is 6.68. The molecule has 1 aromatic heterocycles. The first-order valence-electron chi connectivity index (χ1n) is 11.1. The van der Waals surface area contributed by atoms with Gasteiger partial charge in [0, 0.05) is 11.0 Å². The van der Waals surface area contributed by atoms with Crippen LogP contribution in [0.5, 0.6) is 11.5 Å². The van der Waals surface area contributed by atoms with Gasteiger partial charge in [-0.05, 0) is 36.3 Å². The average molecular weight is 475 g/mol. The van der Waals surface area contributed by atoms with Crippen molar-refractivity contribution < 1.29 is 9.47 Å². The maximum Gasteiger partial charge on any atom is 0.181 e. The van der Waals surface area contributed by atoms with Gasteiger partial charge in [0.25, 0.3) is 0 Å². The summed E-state index contributed by atoms with van der Waals surface area (Å²) >= 11 is 3.63. The third kappa shape index (κ3) is 5.52. The first kappa shape index (κ1) is 21.9. The average Bonchev–Trinajstić information content (AvgIpc) is 3.62. The van der Waals surface area contributed by atoms with Crippen molar-refractivity contribution in [3.8, 4) is 11.5 Å². The molecule has 0 bridgehead atoms. The summed E-state index contributed by atoms with van der Waals surface area (Å²) in [5.41, 5.74) is 3.45. The molecule has 0 radical (unpaired) electrons. The Morgan fingerprint density at radius 3 is 2.24 bits per heavy atom. The zero-order valence-electron chi connectivity index (χ0n) is 18.5. The van der Waals surface area contributed by atoms with E-state index < -0.39 is 0 Å². The van der Waals surface area contributed by atoms with Gasteiger partial charge in [-0.2, -0.15) is 16.9 Å². The lowest BCUT2D eigenvalue weighted by Gasteiger charge is -2.19. The molecule has 1 unspecified atom stereocenters. The number of benzene rings is 2. The van der Waals surface area contributed by atoms with E-state index in [1.54, 1.807) is 11.3 Å². The first-order valence-corrected chi connectivity index (χ1v) is 13.0. The van der Waals surface area contributed by atoms with Gasteiger partial charge in [-0.15, -0.1) is 11.3 Å². The van der Waals surface area contributed by atoms with E-state index >= 15 is 0 Å². The molecular formula is C27H26N2O2S2. The number of thiophene rings is 1. The van der Waals surface area contributed by atoms with Gasteiger partial charge in [-0.25, -0.2) is 0 Å². The summed E-state index contributed by atoms with van der Waals surface area (Å²) in [5, 5.41) is 7.59. The smallest absolute Gasteiger partial charge is 0.181 e. The van der Waals surface area contributed by atoms with Crippen molar-refractivity contribution in [3.63, 3.8) is 0 Å². The normalized spacial score (nSPS) is 17.3. The van der Waals surface area contributed by atoms with Crippen LogP contribution in [-0.2, 0) is 0 Å².